The maximum atomic E-state index is 12.7. The summed E-state index contributed by atoms with van der Waals surface area (Å²) in [7, 11) is 1.81. The molecule has 0 bridgehead atoms. The van der Waals surface area contributed by atoms with Crippen molar-refractivity contribution < 1.29 is 9.59 Å². The van der Waals surface area contributed by atoms with E-state index in [1.807, 2.05) is 7.05 Å². The zero-order chi connectivity index (χ0) is 14.6. The van der Waals surface area contributed by atoms with Crippen LogP contribution in [0, 0.1) is 5.41 Å². The highest BCUT2D eigenvalue weighted by atomic mass is 16.2. The van der Waals surface area contributed by atoms with Gasteiger partial charge in [-0.1, -0.05) is 13.3 Å². The summed E-state index contributed by atoms with van der Waals surface area (Å²) in [5.41, 5.74) is -0.243. The normalized spacial score (nSPS) is 31.2. The highest BCUT2D eigenvalue weighted by Gasteiger charge is 2.39. The molecular weight excluding hydrogens is 254 g/mol. The molecule has 2 aliphatic rings. The van der Waals surface area contributed by atoms with Crippen molar-refractivity contribution in [2.24, 2.45) is 5.41 Å². The summed E-state index contributed by atoms with van der Waals surface area (Å²) >= 11 is 0. The number of piperidine rings is 2. The second-order valence-corrected chi connectivity index (χ2v) is 6.29. The predicted octanol–water partition coefficient (Wildman–Crippen LogP) is 0.893. The Kier molecular flexibility index (Phi) is 5.02. The van der Waals surface area contributed by atoms with Crippen LogP contribution in [0.15, 0.2) is 0 Å². The fourth-order valence-electron chi connectivity index (χ4n) is 3.44. The van der Waals surface area contributed by atoms with E-state index in [2.05, 4.69) is 17.6 Å². The van der Waals surface area contributed by atoms with Gasteiger partial charge in [-0.3, -0.25) is 9.59 Å². The minimum Gasteiger partial charge on any atom is -0.351 e. The van der Waals surface area contributed by atoms with Gasteiger partial charge in [0, 0.05) is 32.6 Å². The first kappa shape index (κ1) is 15.3. The molecule has 2 saturated heterocycles. The van der Waals surface area contributed by atoms with Crippen LogP contribution < -0.4 is 10.6 Å². The molecule has 114 valence electrons. The van der Waals surface area contributed by atoms with Gasteiger partial charge in [0.15, 0.2) is 0 Å². The molecule has 5 heteroatoms. The van der Waals surface area contributed by atoms with Crippen molar-refractivity contribution in [3.05, 3.63) is 0 Å². The van der Waals surface area contributed by atoms with Gasteiger partial charge in [-0.25, -0.2) is 0 Å². The van der Waals surface area contributed by atoms with Crippen LogP contribution in [-0.2, 0) is 9.59 Å². The average Bonchev–Trinajstić information content (AvgIpc) is 2.44. The second-order valence-electron chi connectivity index (χ2n) is 6.29. The van der Waals surface area contributed by atoms with Crippen molar-refractivity contribution >= 4 is 11.8 Å². The molecular formula is C15H27N3O2. The summed E-state index contributed by atoms with van der Waals surface area (Å²) < 4.78 is 0. The lowest BCUT2D eigenvalue weighted by Crippen LogP contribution is -2.56. The zero-order valence-electron chi connectivity index (χ0n) is 12.7. The number of likely N-dealkylation sites (tertiary alicyclic amines) is 1. The van der Waals surface area contributed by atoms with Gasteiger partial charge in [-0.2, -0.15) is 0 Å². The van der Waals surface area contributed by atoms with Gasteiger partial charge in [-0.05, 0) is 32.2 Å². The predicted molar refractivity (Wildman–Crippen MR) is 78.2 cm³/mol. The van der Waals surface area contributed by atoms with Crippen LogP contribution >= 0.6 is 0 Å². The van der Waals surface area contributed by atoms with Crippen LogP contribution in [0.4, 0.5) is 0 Å². The third-order valence-corrected chi connectivity index (χ3v) is 4.64. The highest BCUT2D eigenvalue weighted by molar-refractivity contribution is 5.84. The van der Waals surface area contributed by atoms with Crippen LogP contribution in [0.1, 0.15) is 45.4 Å². The number of carbonyl (C=O) groups is 2. The summed E-state index contributed by atoms with van der Waals surface area (Å²) in [6.45, 7) is 4.57. The quantitative estimate of drug-likeness (QED) is 0.804. The maximum Gasteiger partial charge on any atom is 0.227 e. The van der Waals surface area contributed by atoms with Gasteiger partial charge in [0.2, 0.25) is 11.8 Å². The SMILES string of the molecule is CCCC1(C(=O)NC2CCC(=O)N(C)C2)CCCNC1. The van der Waals surface area contributed by atoms with Gasteiger partial charge in [-0.15, -0.1) is 0 Å². The van der Waals surface area contributed by atoms with Crippen molar-refractivity contribution in [2.75, 3.05) is 26.7 Å². The van der Waals surface area contributed by atoms with E-state index in [4.69, 9.17) is 0 Å². The first-order chi connectivity index (χ1) is 9.57. The van der Waals surface area contributed by atoms with Gasteiger partial charge in [0.25, 0.3) is 0 Å². The molecule has 2 N–H and O–H groups in total. The van der Waals surface area contributed by atoms with E-state index < -0.39 is 0 Å². The number of nitrogens with zero attached hydrogens (tertiary/aromatic N) is 1. The number of carbonyl (C=O) groups excluding carboxylic acids is 2. The molecule has 0 aromatic carbocycles. The van der Waals surface area contributed by atoms with Gasteiger partial charge in [0.05, 0.1) is 5.41 Å². The van der Waals surface area contributed by atoms with E-state index in [0.717, 1.165) is 45.2 Å². The third-order valence-electron chi connectivity index (χ3n) is 4.64. The molecule has 5 nitrogen and oxygen atoms in total. The van der Waals surface area contributed by atoms with Gasteiger partial charge in [0.1, 0.15) is 0 Å². The van der Waals surface area contributed by atoms with Crippen molar-refractivity contribution in [1.82, 2.24) is 15.5 Å². The van der Waals surface area contributed by atoms with E-state index >= 15 is 0 Å². The number of nitrogens with one attached hydrogen (secondary N) is 2. The summed E-state index contributed by atoms with van der Waals surface area (Å²) in [6.07, 6.45) is 5.31. The van der Waals surface area contributed by atoms with Crippen LogP contribution in [0.5, 0.6) is 0 Å². The number of amides is 2. The average molecular weight is 281 g/mol. The number of likely N-dealkylation sites (N-methyl/N-ethyl adjacent to an activating group) is 1. The van der Waals surface area contributed by atoms with E-state index in [1.165, 1.54) is 0 Å². The molecule has 2 fully saturated rings. The summed E-state index contributed by atoms with van der Waals surface area (Å²) in [5.74, 6) is 0.359. The standard InChI is InChI=1S/C15H27N3O2/c1-3-7-15(8-4-9-16-11-15)14(20)17-12-5-6-13(19)18(2)10-12/h12,16H,3-11H2,1-2H3,(H,17,20). The molecule has 2 heterocycles. The molecule has 0 spiro atoms. The molecule has 20 heavy (non-hydrogen) atoms. The molecule has 2 aliphatic heterocycles. The van der Waals surface area contributed by atoms with E-state index in [9.17, 15) is 9.59 Å². The molecule has 0 saturated carbocycles. The van der Waals surface area contributed by atoms with Crippen LogP contribution in [0.2, 0.25) is 0 Å². The molecule has 0 aromatic heterocycles. The summed E-state index contributed by atoms with van der Waals surface area (Å²) in [6, 6.07) is 0.112. The molecule has 2 atom stereocenters. The fraction of sp³-hybridized carbons (Fsp3) is 0.867. The number of hydrogen-bond donors (Lipinski definition) is 2. The molecule has 2 amide bonds. The number of hydrogen-bond acceptors (Lipinski definition) is 3. The molecule has 0 aliphatic carbocycles. The van der Waals surface area contributed by atoms with Gasteiger partial charge >= 0.3 is 0 Å². The highest BCUT2D eigenvalue weighted by Crippen LogP contribution is 2.32. The van der Waals surface area contributed by atoms with Crippen LogP contribution in [0.3, 0.4) is 0 Å². The van der Waals surface area contributed by atoms with E-state index in [0.29, 0.717) is 13.0 Å². The Morgan fingerprint density at radius 1 is 1.55 bits per heavy atom. The van der Waals surface area contributed by atoms with E-state index in [1.54, 1.807) is 4.90 Å². The Hall–Kier alpha value is -1.10. The smallest absolute Gasteiger partial charge is 0.227 e. The maximum absolute atomic E-state index is 12.7. The Labute approximate surface area is 121 Å². The minimum atomic E-state index is -0.243. The third kappa shape index (κ3) is 3.32. The lowest BCUT2D eigenvalue weighted by molar-refractivity contribution is -0.137. The Bertz CT molecular complexity index is 359. The van der Waals surface area contributed by atoms with Gasteiger partial charge < -0.3 is 15.5 Å². The lowest BCUT2D eigenvalue weighted by atomic mass is 9.76. The summed E-state index contributed by atoms with van der Waals surface area (Å²) in [5, 5.41) is 6.56. The zero-order valence-corrected chi connectivity index (χ0v) is 12.7. The summed E-state index contributed by atoms with van der Waals surface area (Å²) in [4.78, 5) is 25.9. The molecule has 0 radical (unpaired) electrons. The largest absolute Gasteiger partial charge is 0.351 e. The van der Waals surface area contributed by atoms with Crippen molar-refractivity contribution in [1.29, 1.82) is 0 Å². The van der Waals surface area contributed by atoms with Crippen molar-refractivity contribution in [3.63, 3.8) is 0 Å². The van der Waals surface area contributed by atoms with E-state index in [-0.39, 0.29) is 23.3 Å². The second kappa shape index (κ2) is 6.57. The van der Waals surface area contributed by atoms with Crippen molar-refractivity contribution in [2.45, 2.75) is 51.5 Å². The minimum absolute atomic E-state index is 0.112. The molecule has 2 rings (SSSR count). The fourth-order valence-corrected chi connectivity index (χ4v) is 3.44. The first-order valence-electron chi connectivity index (χ1n) is 7.83. The Morgan fingerprint density at radius 3 is 2.95 bits per heavy atom. The lowest BCUT2D eigenvalue weighted by Gasteiger charge is -2.39. The molecule has 2 unspecified atom stereocenters. The topological polar surface area (TPSA) is 61.4 Å². The number of rotatable bonds is 4. The van der Waals surface area contributed by atoms with Crippen LogP contribution in [0.25, 0.3) is 0 Å². The molecule has 0 aromatic rings. The van der Waals surface area contributed by atoms with Crippen molar-refractivity contribution in [3.8, 4) is 0 Å². The Morgan fingerprint density at radius 2 is 2.35 bits per heavy atom. The first-order valence-corrected chi connectivity index (χ1v) is 7.83. The van der Waals surface area contributed by atoms with Crippen LogP contribution in [-0.4, -0.2) is 49.4 Å². The monoisotopic (exact) mass is 281 g/mol. The Balaban J connectivity index is 1.96.